The molecule has 1 aromatic heterocycles. The van der Waals surface area contributed by atoms with Gasteiger partial charge in [0.05, 0.1) is 12.4 Å². The number of nitrogens with zero attached hydrogens (tertiary/aromatic N) is 2. The van der Waals surface area contributed by atoms with Crippen molar-refractivity contribution in [3.63, 3.8) is 0 Å². The highest BCUT2D eigenvalue weighted by atomic mass is 16.5. The molecule has 1 aromatic carbocycles. The first-order valence-corrected chi connectivity index (χ1v) is 5.98. The number of phenolic OH excluding ortho intramolecular Hbond substituents is 1. The molecule has 2 N–H and O–H groups in total. The van der Waals surface area contributed by atoms with E-state index in [1.807, 2.05) is 16.8 Å². The van der Waals surface area contributed by atoms with Gasteiger partial charge < -0.3 is 19.7 Å². The van der Waals surface area contributed by atoms with Crippen molar-refractivity contribution in [3.8, 4) is 11.5 Å². The second kappa shape index (κ2) is 4.70. The van der Waals surface area contributed by atoms with E-state index < -0.39 is 0 Å². The average molecular weight is 245 g/mol. The van der Waals surface area contributed by atoms with Gasteiger partial charge in [-0.3, -0.25) is 0 Å². The van der Waals surface area contributed by atoms with Gasteiger partial charge in [-0.05, 0) is 12.1 Å². The van der Waals surface area contributed by atoms with E-state index in [9.17, 15) is 5.11 Å². The maximum atomic E-state index is 9.37. The lowest BCUT2D eigenvalue weighted by molar-refractivity contribution is 0.309. The van der Waals surface area contributed by atoms with Gasteiger partial charge >= 0.3 is 0 Å². The summed E-state index contributed by atoms with van der Waals surface area (Å²) in [5.41, 5.74) is 1.11. The SMILES string of the molecule is Oc1ccc2c(c1)OCC2NCCn1ccnc1. The summed E-state index contributed by atoms with van der Waals surface area (Å²) in [6, 6.07) is 5.46. The molecule has 5 heteroatoms. The third-order valence-electron chi connectivity index (χ3n) is 3.10. The topological polar surface area (TPSA) is 59.3 Å². The molecule has 1 unspecified atom stereocenters. The molecular weight excluding hydrogens is 230 g/mol. The Morgan fingerprint density at radius 1 is 1.50 bits per heavy atom. The zero-order valence-electron chi connectivity index (χ0n) is 9.91. The molecule has 1 aliphatic heterocycles. The predicted octanol–water partition coefficient (Wildman–Crippen LogP) is 1.31. The third kappa shape index (κ3) is 2.17. The molecule has 1 aliphatic rings. The Morgan fingerprint density at radius 2 is 2.44 bits per heavy atom. The molecule has 0 amide bonds. The molecule has 1 atom stereocenters. The van der Waals surface area contributed by atoms with Crippen molar-refractivity contribution in [2.45, 2.75) is 12.6 Å². The Labute approximate surface area is 105 Å². The van der Waals surface area contributed by atoms with E-state index in [0.717, 1.165) is 24.4 Å². The first-order chi connectivity index (χ1) is 8.83. The Balaban J connectivity index is 1.59. The summed E-state index contributed by atoms with van der Waals surface area (Å²) in [7, 11) is 0. The lowest BCUT2D eigenvalue weighted by Crippen LogP contribution is -2.26. The van der Waals surface area contributed by atoms with Crippen LogP contribution in [0.15, 0.2) is 36.9 Å². The van der Waals surface area contributed by atoms with Crippen LogP contribution in [0.4, 0.5) is 0 Å². The first kappa shape index (κ1) is 11.1. The summed E-state index contributed by atoms with van der Waals surface area (Å²) in [5, 5.41) is 12.8. The monoisotopic (exact) mass is 245 g/mol. The molecule has 3 rings (SSSR count). The molecule has 18 heavy (non-hydrogen) atoms. The number of phenols is 1. The van der Waals surface area contributed by atoms with Crippen LogP contribution in [0.3, 0.4) is 0 Å². The van der Waals surface area contributed by atoms with E-state index in [1.165, 1.54) is 0 Å². The van der Waals surface area contributed by atoms with Crippen molar-refractivity contribution in [1.29, 1.82) is 0 Å². The highest BCUT2D eigenvalue weighted by Gasteiger charge is 2.23. The Bertz CT molecular complexity index is 525. The van der Waals surface area contributed by atoms with Crippen LogP contribution in [0.25, 0.3) is 0 Å². The molecule has 5 nitrogen and oxygen atoms in total. The van der Waals surface area contributed by atoms with Crippen molar-refractivity contribution in [2.75, 3.05) is 13.2 Å². The Morgan fingerprint density at radius 3 is 3.28 bits per heavy atom. The van der Waals surface area contributed by atoms with Crippen LogP contribution in [-0.4, -0.2) is 27.8 Å². The molecule has 94 valence electrons. The van der Waals surface area contributed by atoms with Crippen molar-refractivity contribution in [3.05, 3.63) is 42.5 Å². The van der Waals surface area contributed by atoms with Gasteiger partial charge in [-0.2, -0.15) is 0 Å². The lowest BCUT2D eigenvalue weighted by atomic mass is 10.1. The van der Waals surface area contributed by atoms with Crippen LogP contribution < -0.4 is 10.1 Å². The van der Waals surface area contributed by atoms with E-state index in [0.29, 0.717) is 6.61 Å². The molecule has 0 saturated heterocycles. The molecule has 0 saturated carbocycles. The van der Waals surface area contributed by atoms with E-state index in [4.69, 9.17) is 4.74 Å². The number of aromatic nitrogens is 2. The molecule has 0 aliphatic carbocycles. The molecular formula is C13H15N3O2. The van der Waals surface area contributed by atoms with Gasteiger partial charge in [-0.15, -0.1) is 0 Å². The molecule has 2 heterocycles. The molecule has 0 fully saturated rings. The fourth-order valence-corrected chi connectivity index (χ4v) is 2.15. The maximum absolute atomic E-state index is 9.37. The van der Waals surface area contributed by atoms with Crippen LogP contribution >= 0.6 is 0 Å². The lowest BCUT2D eigenvalue weighted by Gasteiger charge is -2.11. The second-order valence-corrected chi connectivity index (χ2v) is 4.34. The van der Waals surface area contributed by atoms with Gasteiger partial charge in [0.2, 0.25) is 0 Å². The third-order valence-corrected chi connectivity index (χ3v) is 3.10. The van der Waals surface area contributed by atoms with E-state index in [1.54, 1.807) is 24.7 Å². The zero-order chi connectivity index (χ0) is 12.4. The predicted molar refractivity (Wildman–Crippen MR) is 66.6 cm³/mol. The first-order valence-electron chi connectivity index (χ1n) is 5.98. The van der Waals surface area contributed by atoms with E-state index in [2.05, 4.69) is 10.3 Å². The summed E-state index contributed by atoms with van der Waals surface area (Å²) < 4.78 is 7.57. The number of benzene rings is 1. The largest absolute Gasteiger partial charge is 0.508 e. The maximum Gasteiger partial charge on any atom is 0.127 e. The normalized spacial score (nSPS) is 17.4. The van der Waals surface area contributed by atoms with Gasteiger partial charge in [-0.25, -0.2) is 4.98 Å². The minimum atomic E-state index is 0.198. The van der Waals surface area contributed by atoms with Crippen LogP contribution in [-0.2, 0) is 6.54 Å². The van der Waals surface area contributed by atoms with E-state index >= 15 is 0 Å². The summed E-state index contributed by atoms with van der Waals surface area (Å²) in [5.74, 6) is 1.02. The van der Waals surface area contributed by atoms with E-state index in [-0.39, 0.29) is 11.8 Å². The smallest absolute Gasteiger partial charge is 0.127 e. The van der Waals surface area contributed by atoms with Crippen LogP contribution in [0, 0.1) is 0 Å². The van der Waals surface area contributed by atoms with Crippen LogP contribution in [0.5, 0.6) is 11.5 Å². The van der Waals surface area contributed by atoms with Crippen LogP contribution in [0.2, 0.25) is 0 Å². The summed E-state index contributed by atoms with van der Waals surface area (Å²) >= 11 is 0. The number of aromatic hydroxyl groups is 1. The average Bonchev–Trinajstić information content (AvgIpc) is 2.99. The minimum absolute atomic E-state index is 0.198. The summed E-state index contributed by atoms with van der Waals surface area (Å²) in [6.07, 6.45) is 5.52. The summed E-state index contributed by atoms with van der Waals surface area (Å²) in [4.78, 5) is 4.00. The van der Waals surface area contributed by atoms with Crippen LogP contribution in [0.1, 0.15) is 11.6 Å². The van der Waals surface area contributed by atoms with Crippen molar-refractivity contribution < 1.29 is 9.84 Å². The Kier molecular flexibility index (Phi) is 2.90. The number of hydrogen-bond donors (Lipinski definition) is 2. The van der Waals surface area contributed by atoms with Gasteiger partial charge in [0.15, 0.2) is 0 Å². The number of imidazole rings is 1. The highest BCUT2D eigenvalue weighted by Crippen LogP contribution is 2.34. The van der Waals surface area contributed by atoms with Gasteiger partial charge in [0.1, 0.15) is 18.1 Å². The zero-order valence-corrected chi connectivity index (χ0v) is 9.91. The van der Waals surface area contributed by atoms with Crippen molar-refractivity contribution in [2.24, 2.45) is 0 Å². The van der Waals surface area contributed by atoms with Crippen molar-refractivity contribution in [1.82, 2.24) is 14.9 Å². The number of nitrogens with one attached hydrogen (secondary N) is 1. The number of fused-ring (bicyclic) bond motifs is 1. The fraction of sp³-hybridized carbons (Fsp3) is 0.308. The molecule has 2 aromatic rings. The highest BCUT2D eigenvalue weighted by molar-refractivity contribution is 5.44. The molecule has 0 spiro atoms. The second-order valence-electron chi connectivity index (χ2n) is 4.34. The van der Waals surface area contributed by atoms with Gasteiger partial charge in [-0.1, -0.05) is 0 Å². The molecule has 0 bridgehead atoms. The number of hydrogen-bond acceptors (Lipinski definition) is 4. The van der Waals surface area contributed by atoms with Crippen molar-refractivity contribution >= 4 is 0 Å². The number of ether oxygens (including phenoxy) is 1. The summed E-state index contributed by atoms with van der Waals surface area (Å²) in [6.45, 7) is 2.34. The fourth-order valence-electron chi connectivity index (χ4n) is 2.15. The molecule has 0 radical (unpaired) electrons. The Hall–Kier alpha value is -2.01. The minimum Gasteiger partial charge on any atom is -0.508 e. The van der Waals surface area contributed by atoms with Gasteiger partial charge in [0, 0.05) is 37.1 Å². The standard InChI is InChI=1S/C13H15N3O2/c17-10-1-2-11-12(8-18-13(11)7-10)15-4-6-16-5-3-14-9-16/h1-3,5,7,9,12,15,17H,4,6,8H2. The number of rotatable bonds is 4. The quantitative estimate of drug-likeness (QED) is 0.852. The van der Waals surface area contributed by atoms with Gasteiger partial charge in [0.25, 0.3) is 0 Å².